The van der Waals surface area contributed by atoms with Gasteiger partial charge in [0.15, 0.2) is 0 Å². The van der Waals surface area contributed by atoms with Crippen molar-refractivity contribution in [1.82, 2.24) is 15.3 Å². The molecule has 1 N–H and O–H groups in total. The van der Waals surface area contributed by atoms with E-state index in [9.17, 15) is 4.79 Å². The smallest absolute Gasteiger partial charge is 0.272 e. The molecule has 16 heavy (non-hydrogen) atoms. The molecule has 82 valence electrons. The molecule has 0 spiro atoms. The van der Waals surface area contributed by atoms with Gasteiger partial charge < -0.3 is 5.32 Å². The molecule has 0 bridgehead atoms. The minimum Gasteiger partial charge on any atom is -0.332 e. The van der Waals surface area contributed by atoms with Gasteiger partial charge >= 0.3 is 0 Å². The van der Waals surface area contributed by atoms with Crippen LogP contribution in [0.4, 0.5) is 0 Å². The molecule has 0 unspecified atom stereocenters. The van der Waals surface area contributed by atoms with Crippen LogP contribution in [0.2, 0.25) is 5.15 Å². The van der Waals surface area contributed by atoms with E-state index in [4.69, 9.17) is 16.9 Å². The third kappa shape index (κ3) is 1.97. The van der Waals surface area contributed by atoms with Crippen molar-refractivity contribution in [1.29, 1.82) is 5.26 Å². The summed E-state index contributed by atoms with van der Waals surface area (Å²) < 4.78 is 0. The van der Waals surface area contributed by atoms with Gasteiger partial charge in [-0.05, 0) is 19.3 Å². The van der Waals surface area contributed by atoms with Crippen molar-refractivity contribution in [3.8, 4) is 6.07 Å². The lowest BCUT2D eigenvalue weighted by molar-refractivity contribution is 0.0876. The number of nitrogens with one attached hydrogen (secondary N) is 1. The van der Waals surface area contributed by atoms with Crippen LogP contribution in [0.25, 0.3) is 0 Å². The van der Waals surface area contributed by atoms with Crippen LogP contribution >= 0.6 is 11.6 Å². The predicted molar refractivity (Wildman–Crippen MR) is 56.7 cm³/mol. The Morgan fingerprint density at radius 3 is 2.81 bits per heavy atom. The standard InChI is InChI=1S/C10H9ClN4O/c11-8-5-13-4-7(14-8)9(16)15-10(6-12)2-1-3-10/h4-5H,1-3H2,(H,15,16). The number of hydrogen-bond acceptors (Lipinski definition) is 4. The fraction of sp³-hybridized carbons (Fsp3) is 0.400. The number of halogens is 1. The molecule has 0 atom stereocenters. The Morgan fingerprint density at radius 2 is 2.31 bits per heavy atom. The fourth-order valence-corrected chi connectivity index (χ4v) is 1.68. The van der Waals surface area contributed by atoms with Crippen LogP contribution in [-0.2, 0) is 0 Å². The van der Waals surface area contributed by atoms with Crippen molar-refractivity contribution >= 4 is 17.5 Å². The Labute approximate surface area is 97.5 Å². The highest BCUT2D eigenvalue weighted by atomic mass is 35.5. The summed E-state index contributed by atoms with van der Waals surface area (Å²) in [6, 6.07) is 2.12. The van der Waals surface area contributed by atoms with Crippen LogP contribution in [0.3, 0.4) is 0 Å². The van der Waals surface area contributed by atoms with Gasteiger partial charge in [0.05, 0.1) is 18.5 Å². The number of amides is 1. The largest absolute Gasteiger partial charge is 0.332 e. The monoisotopic (exact) mass is 236 g/mol. The van der Waals surface area contributed by atoms with E-state index in [-0.39, 0.29) is 10.8 Å². The molecule has 1 aromatic heterocycles. The highest BCUT2D eigenvalue weighted by molar-refractivity contribution is 6.29. The van der Waals surface area contributed by atoms with Crippen LogP contribution in [0.15, 0.2) is 12.4 Å². The molecule has 2 rings (SSSR count). The van der Waals surface area contributed by atoms with E-state index < -0.39 is 11.4 Å². The van der Waals surface area contributed by atoms with Gasteiger partial charge in [-0.1, -0.05) is 11.6 Å². The summed E-state index contributed by atoms with van der Waals surface area (Å²) >= 11 is 5.62. The van der Waals surface area contributed by atoms with Gasteiger partial charge in [-0.2, -0.15) is 5.26 Å². The predicted octanol–water partition coefficient (Wildman–Crippen LogP) is 1.31. The molecule has 1 saturated carbocycles. The molecule has 5 nitrogen and oxygen atoms in total. The van der Waals surface area contributed by atoms with Gasteiger partial charge in [-0.15, -0.1) is 0 Å². The lowest BCUT2D eigenvalue weighted by Crippen LogP contribution is -2.52. The van der Waals surface area contributed by atoms with E-state index in [1.54, 1.807) is 0 Å². The molecule has 1 aliphatic carbocycles. The zero-order valence-electron chi connectivity index (χ0n) is 8.40. The SMILES string of the molecule is N#CC1(NC(=O)c2cncc(Cl)n2)CCC1. The van der Waals surface area contributed by atoms with Crippen molar-refractivity contribution in [3.63, 3.8) is 0 Å². The maximum absolute atomic E-state index is 11.7. The van der Waals surface area contributed by atoms with Crippen molar-refractivity contribution in [2.24, 2.45) is 0 Å². The van der Waals surface area contributed by atoms with Gasteiger partial charge in [-0.3, -0.25) is 9.78 Å². The highest BCUT2D eigenvalue weighted by Gasteiger charge is 2.39. The van der Waals surface area contributed by atoms with Crippen LogP contribution in [0, 0.1) is 11.3 Å². The first-order valence-electron chi connectivity index (χ1n) is 4.86. The van der Waals surface area contributed by atoms with Crippen LogP contribution < -0.4 is 5.32 Å². The van der Waals surface area contributed by atoms with Crippen molar-refractivity contribution in [2.45, 2.75) is 24.8 Å². The van der Waals surface area contributed by atoms with Crippen molar-refractivity contribution < 1.29 is 4.79 Å². The Balaban J connectivity index is 2.12. The number of carbonyl (C=O) groups is 1. The van der Waals surface area contributed by atoms with E-state index in [0.717, 1.165) is 6.42 Å². The van der Waals surface area contributed by atoms with Crippen LogP contribution in [-0.4, -0.2) is 21.4 Å². The summed E-state index contributed by atoms with van der Waals surface area (Å²) in [5.41, 5.74) is -0.588. The molecule has 1 amide bonds. The van der Waals surface area contributed by atoms with E-state index >= 15 is 0 Å². The minimum atomic E-state index is -0.721. The molecule has 1 fully saturated rings. The second-order valence-electron chi connectivity index (χ2n) is 3.73. The summed E-state index contributed by atoms with van der Waals surface area (Å²) in [4.78, 5) is 19.3. The summed E-state index contributed by atoms with van der Waals surface area (Å²) in [6.45, 7) is 0. The molecular weight excluding hydrogens is 228 g/mol. The molecule has 6 heteroatoms. The maximum atomic E-state index is 11.7. The van der Waals surface area contributed by atoms with E-state index in [2.05, 4.69) is 21.4 Å². The number of nitriles is 1. The Kier molecular flexibility index (Phi) is 2.75. The van der Waals surface area contributed by atoms with E-state index in [1.807, 2.05) is 0 Å². The maximum Gasteiger partial charge on any atom is 0.272 e. The number of carbonyl (C=O) groups excluding carboxylic acids is 1. The number of rotatable bonds is 2. The lowest BCUT2D eigenvalue weighted by atomic mass is 9.78. The summed E-state index contributed by atoms with van der Waals surface area (Å²) in [5.74, 6) is -0.406. The number of hydrogen-bond donors (Lipinski definition) is 1. The lowest BCUT2D eigenvalue weighted by Gasteiger charge is -2.35. The fourth-order valence-electron chi connectivity index (χ4n) is 1.53. The zero-order valence-corrected chi connectivity index (χ0v) is 9.16. The zero-order chi connectivity index (χ0) is 11.6. The third-order valence-corrected chi connectivity index (χ3v) is 2.79. The molecule has 1 aromatic rings. The van der Waals surface area contributed by atoms with E-state index in [1.165, 1.54) is 12.4 Å². The van der Waals surface area contributed by atoms with Crippen LogP contribution in [0.5, 0.6) is 0 Å². The van der Waals surface area contributed by atoms with Crippen LogP contribution in [0.1, 0.15) is 29.8 Å². The Hall–Kier alpha value is -1.67. The van der Waals surface area contributed by atoms with Gasteiger partial charge in [0.2, 0.25) is 0 Å². The first kappa shape index (κ1) is 10.8. The quantitative estimate of drug-likeness (QED) is 0.840. The minimum absolute atomic E-state index is 0.133. The molecule has 1 aliphatic rings. The number of aromatic nitrogens is 2. The second kappa shape index (κ2) is 4.06. The molecule has 0 aliphatic heterocycles. The van der Waals surface area contributed by atoms with Gasteiger partial charge in [0.25, 0.3) is 5.91 Å². The van der Waals surface area contributed by atoms with Gasteiger partial charge in [0, 0.05) is 0 Å². The molecule has 0 saturated heterocycles. The van der Waals surface area contributed by atoms with Gasteiger partial charge in [0.1, 0.15) is 16.4 Å². The summed E-state index contributed by atoms with van der Waals surface area (Å²) in [7, 11) is 0. The number of nitrogens with zero attached hydrogens (tertiary/aromatic N) is 3. The Bertz CT molecular complexity index is 464. The first-order valence-corrected chi connectivity index (χ1v) is 5.24. The highest BCUT2D eigenvalue weighted by Crippen LogP contribution is 2.31. The summed E-state index contributed by atoms with van der Waals surface area (Å²) in [6.07, 6.45) is 4.99. The molecular formula is C10H9ClN4O. The topological polar surface area (TPSA) is 78.7 Å². The normalized spacial score (nSPS) is 17.0. The van der Waals surface area contributed by atoms with Crippen molar-refractivity contribution in [3.05, 3.63) is 23.2 Å². The Morgan fingerprint density at radius 1 is 1.56 bits per heavy atom. The third-order valence-electron chi connectivity index (χ3n) is 2.61. The summed E-state index contributed by atoms with van der Waals surface area (Å²) in [5, 5.41) is 11.8. The average Bonchev–Trinajstić information content (AvgIpc) is 2.23. The average molecular weight is 237 g/mol. The van der Waals surface area contributed by atoms with E-state index in [0.29, 0.717) is 12.8 Å². The molecule has 0 radical (unpaired) electrons. The van der Waals surface area contributed by atoms with Gasteiger partial charge in [-0.25, -0.2) is 4.98 Å². The second-order valence-corrected chi connectivity index (χ2v) is 4.12. The van der Waals surface area contributed by atoms with Crippen molar-refractivity contribution in [2.75, 3.05) is 0 Å². The molecule has 0 aromatic carbocycles. The molecule has 1 heterocycles. The first-order chi connectivity index (χ1) is 7.65.